The van der Waals surface area contributed by atoms with E-state index in [2.05, 4.69) is 10.3 Å². The summed E-state index contributed by atoms with van der Waals surface area (Å²) in [5, 5.41) is 2.75. The summed E-state index contributed by atoms with van der Waals surface area (Å²) >= 11 is 0. The van der Waals surface area contributed by atoms with Crippen molar-refractivity contribution in [3.05, 3.63) is 52.3 Å². The Morgan fingerprint density at radius 2 is 1.68 bits per heavy atom. The summed E-state index contributed by atoms with van der Waals surface area (Å²) in [4.78, 5) is 38.9. The number of aryl methyl sites for hydroxylation is 1. The van der Waals surface area contributed by atoms with E-state index in [1.54, 1.807) is 52.0 Å². The maximum Gasteiger partial charge on any atom is 0.340 e. The molecule has 0 fully saturated rings. The maximum atomic E-state index is 12.5. The number of aromatic amines is 1. The van der Waals surface area contributed by atoms with Crippen molar-refractivity contribution in [2.75, 3.05) is 5.32 Å². The fourth-order valence-corrected chi connectivity index (χ4v) is 2.54. The van der Waals surface area contributed by atoms with Crippen LogP contribution >= 0.6 is 0 Å². The van der Waals surface area contributed by atoms with Gasteiger partial charge in [0.2, 0.25) is 0 Å². The Morgan fingerprint density at radius 3 is 2.20 bits per heavy atom. The van der Waals surface area contributed by atoms with Crippen molar-refractivity contribution in [2.24, 2.45) is 0 Å². The second-order valence-electron chi connectivity index (χ2n) is 6.17. The lowest BCUT2D eigenvalue weighted by Gasteiger charge is -2.08. The molecule has 0 spiro atoms. The summed E-state index contributed by atoms with van der Waals surface area (Å²) in [5.41, 5.74) is 2.95. The van der Waals surface area contributed by atoms with E-state index in [0.29, 0.717) is 33.8 Å². The van der Waals surface area contributed by atoms with Crippen LogP contribution in [-0.2, 0) is 4.74 Å². The minimum absolute atomic E-state index is 0.0398. The maximum absolute atomic E-state index is 12.5. The Kier molecular flexibility index (Phi) is 5.41. The molecule has 0 aliphatic heterocycles. The first-order valence-electron chi connectivity index (χ1n) is 8.03. The molecule has 1 aromatic heterocycles. The number of ketones is 1. The van der Waals surface area contributed by atoms with Crippen LogP contribution in [0.4, 0.5) is 5.69 Å². The Balaban J connectivity index is 2.22. The zero-order valence-electron chi connectivity index (χ0n) is 15.0. The molecule has 6 nitrogen and oxygen atoms in total. The highest BCUT2D eigenvalue weighted by Gasteiger charge is 2.23. The van der Waals surface area contributed by atoms with Gasteiger partial charge in [-0.05, 0) is 64.4 Å². The van der Waals surface area contributed by atoms with Gasteiger partial charge in [-0.15, -0.1) is 0 Å². The Morgan fingerprint density at radius 1 is 1.08 bits per heavy atom. The second-order valence-corrected chi connectivity index (χ2v) is 6.17. The molecule has 2 aromatic rings. The number of H-pyrrole nitrogens is 1. The molecule has 132 valence electrons. The number of amides is 1. The summed E-state index contributed by atoms with van der Waals surface area (Å²) in [5.74, 6) is -0.854. The van der Waals surface area contributed by atoms with Gasteiger partial charge in [-0.1, -0.05) is 0 Å². The van der Waals surface area contributed by atoms with Crippen molar-refractivity contribution in [1.29, 1.82) is 0 Å². The third-order valence-corrected chi connectivity index (χ3v) is 3.76. The minimum atomic E-state index is -0.453. The molecule has 0 unspecified atom stereocenters. The van der Waals surface area contributed by atoms with E-state index in [0.717, 1.165) is 0 Å². The number of esters is 1. The lowest BCUT2D eigenvalue weighted by molar-refractivity contribution is 0.0376. The first kappa shape index (κ1) is 18.4. The third kappa shape index (κ3) is 4.15. The number of aromatic nitrogens is 1. The van der Waals surface area contributed by atoms with Gasteiger partial charge in [-0.2, -0.15) is 0 Å². The first-order valence-corrected chi connectivity index (χ1v) is 8.03. The summed E-state index contributed by atoms with van der Waals surface area (Å²) in [6, 6.07) is 6.62. The monoisotopic (exact) mass is 342 g/mol. The van der Waals surface area contributed by atoms with E-state index in [4.69, 9.17) is 4.74 Å². The molecule has 2 rings (SSSR count). The van der Waals surface area contributed by atoms with Crippen LogP contribution in [0, 0.1) is 13.8 Å². The number of nitrogens with one attached hydrogen (secondary N) is 2. The van der Waals surface area contributed by atoms with Gasteiger partial charge in [0, 0.05) is 16.9 Å². The SMILES string of the molecule is CC(=O)c1ccc(NC(=O)c2[nH]c(C)c(C(=O)OC(C)C)c2C)cc1. The third-order valence-electron chi connectivity index (χ3n) is 3.76. The summed E-state index contributed by atoms with van der Waals surface area (Å²) < 4.78 is 5.22. The standard InChI is InChI=1S/C19H22N2O4/c1-10(2)25-19(24)16-11(3)17(20-12(16)4)18(23)21-15-8-6-14(7-9-15)13(5)22/h6-10,20H,1-5H3,(H,21,23). The number of Topliss-reactive ketones (excluding diaryl/α,β-unsaturated/α-hetero) is 1. The Labute approximate surface area is 146 Å². The molecule has 2 N–H and O–H groups in total. The van der Waals surface area contributed by atoms with E-state index < -0.39 is 5.97 Å². The topological polar surface area (TPSA) is 88.3 Å². The van der Waals surface area contributed by atoms with E-state index >= 15 is 0 Å². The number of carbonyl (C=O) groups excluding carboxylic acids is 3. The van der Waals surface area contributed by atoms with Gasteiger partial charge in [0.25, 0.3) is 5.91 Å². The van der Waals surface area contributed by atoms with Gasteiger partial charge in [0.15, 0.2) is 5.78 Å². The van der Waals surface area contributed by atoms with Crippen LogP contribution in [-0.4, -0.2) is 28.7 Å². The van der Waals surface area contributed by atoms with E-state index in [1.165, 1.54) is 6.92 Å². The van der Waals surface area contributed by atoms with Crippen molar-refractivity contribution in [3.8, 4) is 0 Å². The zero-order valence-corrected chi connectivity index (χ0v) is 15.0. The van der Waals surface area contributed by atoms with Gasteiger partial charge in [-0.3, -0.25) is 9.59 Å². The van der Waals surface area contributed by atoms with Crippen LogP contribution in [0.15, 0.2) is 24.3 Å². The zero-order chi connectivity index (χ0) is 18.7. The molecule has 0 saturated heterocycles. The van der Waals surface area contributed by atoms with Gasteiger partial charge in [-0.25, -0.2) is 4.79 Å². The molecule has 25 heavy (non-hydrogen) atoms. The van der Waals surface area contributed by atoms with E-state index in [-0.39, 0.29) is 17.8 Å². The predicted molar refractivity (Wildman–Crippen MR) is 95.2 cm³/mol. The molecule has 0 radical (unpaired) electrons. The molecule has 0 saturated carbocycles. The van der Waals surface area contributed by atoms with Crippen LogP contribution < -0.4 is 5.32 Å². The number of benzene rings is 1. The van der Waals surface area contributed by atoms with Crippen molar-refractivity contribution >= 4 is 23.3 Å². The Hall–Kier alpha value is -2.89. The summed E-state index contributed by atoms with van der Waals surface area (Å²) in [6.07, 6.45) is -0.238. The summed E-state index contributed by atoms with van der Waals surface area (Å²) in [7, 11) is 0. The molecular formula is C19H22N2O4. The molecular weight excluding hydrogens is 320 g/mol. The number of rotatable bonds is 5. The van der Waals surface area contributed by atoms with Crippen molar-refractivity contribution < 1.29 is 19.1 Å². The number of anilines is 1. The first-order chi connectivity index (χ1) is 11.7. The van der Waals surface area contributed by atoms with Crippen LogP contribution in [0.1, 0.15) is 63.2 Å². The minimum Gasteiger partial charge on any atom is -0.459 e. The van der Waals surface area contributed by atoms with Gasteiger partial charge < -0.3 is 15.0 Å². The van der Waals surface area contributed by atoms with Crippen LogP contribution in [0.5, 0.6) is 0 Å². The van der Waals surface area contributed by atoms with E-state index in [1.807, 2.05) is 0 Å². The van der Waals surface area contributed by atoms with Crippen LogP contribution in [0.3, 0.4) is 0 Å². The average molecular weight is 342 g/mol. The molecule has 0 bridgehead atoms. The normalized spacial score (nSPS) is 10.6. The van der Waals surface area contributed by atoms with Gasteiger partial charge in [0.1, 0.15) is 5.69 Å². The molecule has 6 heteroatoms. The Bertz CT molecular complexity index is 817. The fourth-order valence-electron chi connectivity index (χ4n) is 2.54. The highest BCUT2D eigenvalue weighted by molar-refractivity contribution is 6.07. The lowest BCUT2D eigenvalue weighted by atomic mass is 10.1. The van der Waals surface area contributed by atoms with Crippen molar-refractivity contribution in [3.63, 3.8) is 0 Å². The molecule has 0 aliphatic carbocycles. The predicted octanol–water partition coefficient (Wildman–Crippen LogP) is 3.65. The molecule has 1 heterocycles. The number of ether oxygens (including phenoxy) is 1. The van der Waals surface area contributed by atoms with Gasteiger partial charge in [0.05, 0.1) is 11.7 Å². The summed E-state index contributed by atoms with van der Waals surface area (Å²) in [6.45, 7) is 8.45. The lowest BCUT2D eigenvalue weighted by Crippen LogP contribution is -2.15. The largest absolute Gasteiger partial charge is 0.459 e. The van der Waals surface area contributed by atoms with Crippen molar-refractivity contribution in [2.45, 2.75) is 40.7 Å². The smallest absolute Gasteiger partial charge is 0.340 e. The molecule has 0 atom stereocenters. The highest BCUT2D eigenvalue weighted by atomic mass is 16.5. The van der Waals surface area contributed by atoms with Crippen LogP contribution in [0.2, 0.25) is 0 Å². The number of hydrogen-bond acceptors (Lipinski definition) is 4. The van der Waals surface area contributed by atoms with Crippen molar-refractivity contribution in [1.82, 2.24) is 4.98 Å². The fraction of sp³-hybridized carbons (Fsp3) is 0.316. The van der Waals surface area contributed by atoms with Gasteiger partial charge >= 0.3 is 5.97 Å². The highest BCUT2D eigenvalue weighted by Crippen LogP contribution is 2.21. The second kappa shape index (κ2) is 7.34. The molecule has 1 amide bonds. The molecule has 0 aliphatic rings. The quantitative estimate of drug-likeness (QED) is 0.641. The number of carbonyl (C=O) groups is 3. The van der Waals surface area contributed by atoms with E-state index in [9.17, 15) is 14.4 Å². The molecule has 1 aromatic carbocycles. The van der Waals surface area contributed by atoms with Crippen LogP contribution in [0.25, 0.3) is 0 Å². The number of hydrogen-bond donors (Lipinski definition) is 2. The average Bonchev–Trinajstić information content (AvgIpc) is 2.82.